The lowest BCUT2D eigenvalue weighted by molar-refractivity contribution is -0.136. The standard InChI is InChI=1S/C14H14O2S/c1-10(14(15)16)17-9-12-7-4-6-11-5-2-3-8-13(11)12/h2-8,10H,9H2,1H3,(H,15,16)/t10-/m0/s1. The van der Waals surface area contributed by atoms with E-state index in [1.54, 1.807) is 6.92 Å². The summed E-state index contributed by atoms with van der Waals surface area (Å²) in [4.78, 5) is 10.8. The zero-order chi connectivity index (χ0) is 12.3. The van der Waals surface area contributed by atoms with Gasteiger partial charge in [0.05, 0.1) is 5.25 Å². The van der Waals surface area contributed by atoms with E-state index in [4.69, 9.17) is 5.11 Å². The van der Waals surface area contributed by atoms with Crippen LogP contribution in [0.15, 0.2) is 42.5 Å². The Morgan fingerprint density at radius 1 is 1.24 bits per heavy atom. The Labute approximate surface area is 105 Å². The second kappa shape index (κ2) is 5.23. The maximum Gasteiger partial charge on any atom is 0.316 e. The molecule has 0 radical (unpaired) electrons. The van der Waals surface area contributed by atoms with Crippen LogP contribution in [0.2, 0.25) is 0 Å². The van der Waals surface area contributed by atoms with Crippen LogP contribution in [-0.4, -0.2) is 16.3 Å². The quantitative estimate of drug-likeness (QED) is 0.896. The Hall–Kier alpha value is -1.48. The molecule has 0 aromatic heterocycles. The Balaban J connectivity index is 2.21. The van der Waals surface area contributed by atoms with Gasteiger partial charge in [0, 0.05) is 5.75 Å². The van der Waals surface area contributed by atoms with E-state index < -0.39 is 5.97 Å². The highest BCUT2D eigenvalue weighted by Crippen LogP contribution is 2.24. The van der Waals surface area contributed by atoms with Crippen LogP contribution < -0.4 is 0 Å². The lowest BCUT2D eigenvalue weighted by Gasteiger charge is -2.08. The monoisotopic (exact) mass is 246 g/mol. The predicted molar refractivity (Wildman–Crippen MR) is 72.3 cm³/mol. The molecule has 0 aliphatic carbocycles. The minimum absolute atomic E-state index is 0.367. The molecular formula is C14H14O2S. The highest BCUT2D eigenvalue weighted by Gasteiger charge is 2.11. The maximum absolute atomic E-state index is 10.8. The second-order valence-corrected chi connectivity index (χ2v) is 5.26. The minimum Gasteiger partial charge on any atom is -0.480 e. The molecule has 0 heterocycles. The maximum atomic E-state index is 10.8. The Bertz CT molecular complexity index is 531. The summed E-state index contributed by atoms with van der Waals surface area (Å²) in [5.74, 6) is -0.0234. The van der Waals surface area contributed by atoms with Crippen LogP contribution in [0.5, 0.6) is 0 Å². The Morgan fingerprint density at radius 2 is 1.94 bits per heavy atom. The van der Waals surface area contributed by atoms with Crippen molar-refractivity contribution in [2.75, 3.05) is 0 Å². The molecule has 2 aromatic rings. The molecule has 3 heteroatoms. The van der Waals surface area contributed by atoms with E-state index in [0.29, 0.717) is 0 Å². The van der Waals surface area contributed by atoms with Gasteiger partial charge in [0.1, 0.15) is 0 Å². The van der Waals surface area contributed by atoms with E-state index in [2.05, 4.69) is 24.3 Å². The van der Waals surface area contributed by atoms with Gasteiger partial charge in [-0.2, -0.15) is 0 Å². The van der Waals surface area contributed by atoms with Gasteiger partial charge in [0.25, 0.3) is 0 Å². The molecule has 0 spiro atoms. The van der Waals surface area contributed by atoms with Crippen molar-refractivity contribution >= 4 is 28.5 Å². The second-order valence-electron chi connectivity index (χ2n) is 3.93. The average Bonchev–Trinajstić information content (AvgIpc) is 2.35. The molecule has 0 amide bonds. The van der Waals surface area contributed by atoms with Gasteiger partial charge >= 0.3 is 5.97 Å². The third-order valence-corrected chi connectivity index (χ3v) is 3.90. The van der Waals surface area contributed by atoms with Gasteiger partial charge < -0.3 is 5.11 Å². The number of fused-ring (bicyclic) bond motifs is 1. The summed E-state index contributed by atoms with van der Waals surface area (Å²) < 4.78 is 0. The van der Waals surface area contributed by atoms with Crippen LogP contribution in [0.3, 0.4) is 0 Å². The van der Waals surface area contributed by atoms with Crippen molar-refractivity contribution in [3.8, 4) is 0 Å². The molecule has 2 aromatic carbocycles. The van der Waals surface area contributed by atoms with E-state index in [0.717, 1.165) is 5.75 Å². The van der Waals surface area contributed by atoms with Crippen molar-refractivity contribution in [2.24, 2.45) is 0 Å². The first-order chi connectivity index (χ1) is 8.18. The zero-order valence-electron chi connectivity index (χ0n) is 9.59. The van der Waals surface area contributed by atoms with Crippen LogP contribution in [0.1, 0.15) is 12.5 Å². The fourth-order valence-electron chi connectivity index (χ4n) is 1.70. The molecule has 2 nitrogen and oxygen atoms in total. The molecule has 0 fully saturated rings. The van der Waals surface area contributed by atoms with Gasteiger partial charge in [0.15, 0.2) is 0 Å². The lowest BCUT2D eigenvalue weighted by Crippen LogP contribution is -2.11. The van der Waals surface area contributed by atoms with Gasteiger partial charge in [-0.1, -0.05) is 42.5 Å². The largest absolute Gasteiger partial charge is 0.480 e. The fraction of sp³-hybridized carbons (Fsp3) is 0.214. The van der Waals surface area contributed by atoms with Crippen molar-refractivity contribution in [1.82, 2.24) is 0 Å². The van der Waals surface area contributed by atoms with E-state index in [-0.39, 0.29) is 5.25 Å². The van der Waals surface area contributed by atoms with Gasteiger partial charge in [-0.15, -0.1) is 11.8 Å². The highest BCUT2D eigenvalue weighted by molar-refractivity contribution is 7.99. The first kappa shape index (κ1) is 12.0. The number of benzene rings is 2. The lowest BCUT2D eigenvalue weighted by atomic mass is 10.1. The molecule has 0 saturated carbocycles. The molecule has 0 aliphatic heterocycles. The molecule has 2 rings (SSSR count). The number of carboxylic acids is 1. The molecule has 1 atom stereocenters. The smallest absolute Gasteiger partial charge is 0.316 e. The predicted octanol–water partition coefficient (Wildman–Crippen LogP) is 3.55. The number of aliphatic carboxylic acids is 1. The fourth-order valence-corrected chi connectivity index (χ4v) is 2.53. The molecule has 0 unspecified atom stereocenters. The molecule has 88 valence electrons. The van der Waals surface area contributed by atoms with E-state index >= 15 is 0 Å². The minimum atomic E-state index is -0.754. The summed E-state index contributed by atoms with van der Waals surface area (Å²) in [6.45, 7) is 1.72. The van der Waals surface area contributed by atoms with Gasteiger partial charge in [-0.3, -0.25) is 4.79 Å². The van der Waals surface area contributed by atoms with Gasteiger partial charge in [-0.05, 0) is 23.3 Å². The van der Waals surface area contributed by atoms with Crippen LogP contribution in [-0.2, 0) is 10.5 Å². The number of hydrogen-bond donors (Lipinski definition) is 1. The van der Waals surface area contributed by atoms with Crippen molar-refractivity contribution in [3.63, 3.8) is 0 Å². The van der Waals surface area contributed by atoms with Crippen LogP contribution in [0.25, 0.3) is 10.8 Å². The number of hydrogen-bond acceptors (Lipinski definition) is 2. The molecular weight excluding hydrogens is 232 g/mol. The topological polar surface area (TPSA) is 37.3 Å². The Morgan fingerprint density at radius 3 is 2.71 bits per heavy atom. The summed E-state index contributed by atoms with van der Waals surface area (Å²) in [7, 11) is 0. The van der Waals surface area contributed by atoms with Crippen LogP contribution in [0.4, 0.5) is 0 Å². The summed E-state index contributed by atoms with van der Waals surface area (Å²) in [5, 5.41) is 10.9. The highest BCUT2D eigenvalue weighted by atomic mass is 32.2. The summed E-state index contributed by atoms with van der Waals surface area (Å²) in [6, 6.07) is 14.3. The third kappa shape index (κ3) is 2.80. The SMILES string of the molecule is C[C@H](SCc1cccc2ccccc12)C(=O)O. The first-order valence-electron chi connectivity index (χ1n) is 5.49. The first-order valence-corrected chi connectivity index (χ1v) is 6.54. The zero-order valence-corrected chi connectivity index (χ0v) is 10.4. The molecule has 0 aliphatic rings. The van der Waals surface area contributed by atoms with Gasteiger partial charge in [-0.25, -0.2) is 0 Å². The van der Waals surface area contributed by atoms with E-state index in [1.807, 2.05) is 18.2 Å². The van der Waals surface area contributed by atoms with Crippen molar-refractivity contribution in [3.05, 3.63) is 48.0 Å². The summed E-state index contributed by atoms with van der Waals surface area (Å²) in [6.07, 6.45) is 0. The summed E-state index contributed by atoms with van der Waals surface area (Å²) >= 11 is 1.45. The Kier molecular flexibility index (Phi) is 3.69. The molecule has 1 N–H and O–H groups in total. The summed E-state index contributed by atoms with van der Waals surface area (Å²) in [5.41, 5.74) is 1.20. The number of carbonyl (C=O) groups is 1. The van der Waals surface area contributed by atoms with Crippen molar-refractivity contribution in [1.29, 1.82) is 0 Å². The van der Waals surface area contributed by atoms with Crippen LogP contribution >= 0.6 is 11.8 Å². The molecule has 17 heavy (non-hydrogen) atoms. The number of thioether (sulfide) groups is 1. The number of carboxylic acid groups (broad SMARTS) is 1. The van der Waals surface area contributed by atoms with E-state index in [9.17, 15) is 4.79 Å². The van der Waals surface area contributed by atoms with E-state index in [1.165, 1.54) is 28.1 Å². The molecule has 0 bridgehead atoms. The molecule has 0 saturated heterocycles. The van der Waals surface area contributed by atoms with Crippen molar-refractivity contribution in [2.45, 2.75) is 17.9 Å². The van der Waals surface area contributed by atoms with Crippen molar-refractivity contribution < 1.29 is 9.90 Å². The normalized spacial score (nSPS) is 12.5. The number of rotatable bonds is 4. The third-order valence-electron chi connectivity index (χ3n) is 2.72. The van der Waals surface area contributed by atoms with Gasteiger partial charge in [0.2, 0.25) is 0 Å². The van der Waals surface area contributed by atoms with Crippen LogP contribution in [0, 0.1) is 0 Å². The average molecular weight is 246 g/mol.